The maximum absolute atomic E-state index is 13.5. The molecule has 4 rings (SSSR count). The van der Waals surface area contributed by atoms with Crippen molar-refractivity contribution in [3.8, 4) is 11.4 Å². The van der Waals surface area contributed by atoms with Crippen LogP contribution in [0.4, 0.5) is 11.6 Å². The molecule has 0 atom stereocenters. The topological polar surface area (TPSA) is 101 Å². The summed E-state index contributed by atoms with van der Waals surface area (Å²) in [6.07, 6.45) is 0. The molecule has 0 saturated heterocycles. The number of carbonyl (C=O) groups excluding carboxylic acids is 1. The molecule has 0 bridgehead atoms. The molecule has 9 heteroatoms. The molecule has 0 aliphatic carbocycles. The quantitative estimate of drug-likeness (QED) is 0.489. The summed E-state index contributed by atoms with van der Waals surface area (Å²) in [5.74, 6) is 0.606. The maximum atomic E-state index is 13.5. The van der Waals surface area contributed by atoms with E-state index in [4.69, 9.17) is 4.74 Å². The van der Waals surface area contributed by atoms with E-state index in [0.29, 0.717) is 5.69 Å². The number of para-hydroxylation sites is 1. The minimum absolute atomic E-state index is 0.188. The first kappa shape index (κ1) is 19.4. The molecule has 0 fully saturated rings. The van der Waals surface area contributed by atoms with E-state index in [1.54, 1.807) is 7.11 Å². The van der Waals surface area contributed by atoms with E-state index in [1.807, 2.05) is 53.1 Å². The minimum atomic E-state index is -0.311. The Balaban J connectivity index is 2.04. The zero-order valence-corrected chi connectivity index (χ0v) is 17.1. The number of carbonyl (C=O) groups is 1. The normalized spacial score (nSPS) is 10.9. The fourth-order valence-corrected chi connectivity index (χ4v) is 3.67. The van der Waals surface area contributed by atoms with Gasteiger partial charge >= 0.3 is 0 Å². The van der Waals surface area contributed by atoms with Gasteiger partial charge in [-0.25, -0.2) is 5.10 Å². The molecule has 0 spiro atoms. The Morgan fingerprint density at radius 2 is 1.93 bits per heavy atom. The standard InChI is InChI=1S/C21H23N7O2/c1-4-27(5-2)18-16-13-15(30-3)11-12-17(16)28(14-9-7-6-8-10-14)19(18)20(29)22-21-23-25-26-24-21/h6-13H,4-5H2,1-3H3,(H2,22,23,24,25,26,29). The SMILES string of the molecule is CCN(CC)c1c(C(=O)Nc2nnn[nH]2)n(-c2ccccc2)c2ccc(OC)cc12. The van der Waals surface area contributed by atoms with Gasteiger partial charge in [-0.2, -0.15) is 0 Å². The van der Waals surface area contributed by atoms with E-state index < -0.39 is 0 Å². The summed E-state index contributed by atoms with van der Waals surface area (Å²) in [5, 5.41) is 17.1. The molecule has 4 aromatic rings. The Kier molecular flexibility index (Phi) is 5.34. The molecule has 154 valence electrons. The van der Waals surface area contributed by atoms with Crippen LogP contribution in [0.25, 0.3) is 16.6 Å². The van der Waals surface area contributed by atoms with Crippen LogP contribution in [0.3, 0.4) is 0 Å². The third kappa shape index (κ3) is 3.34. The number of nitrogens with zero attached hydrogens (tertiary/aromatic N) is 5. The summed E-state index contributed by atoms with van der Waals surface area (Å²) >= 11 is 0. The van der Waals surface area contributed by atoms with Crippen molar-refractivity contribution >= 4 is 28.4 Å². The summed E-state index contributed by atoms with van der Waals surface area (Å²) in [6, 6.07) is 15.6. The Bertz CT molecular complexity index is 1150. The van der Waals surface area contributed by atoms with Crippen molar-refractivity contribution in [3.05, 3.63) is 54.2 Å². The van der Waals surface area contributed by atoms with Gasteiger partial charge in [0.1, 0.15) is 11.4 Å². The van der Waals surface area contributed by atoms with Crippen molar-refractivity contribution in [3.63, 3.8) is 0 Å². The van der Waals surface area contributed by atoms with Gasteiger partial charge in [0, 0.05) is 24.2 Å². The van der Waals surface area contributed by atoms with Gasteiger partial charge in [-0.1, -0.05) is 23.3 Å². The molecule has 0 unspecified atom stereocenters. The van der Waals surface area contributed by atoms with Gasteiger partial charge in [0.05, 0.1) is 18.3 Å². The van der Waals surface area contributed by atoms with Crippen LogP contribution >= 0.6 is 0 Å². The second-order valence-electron chi connectivity index (χ2n) is 6.63. The molecular weight excluding hydrogens is 382 g/mol. The van der Waals surface area contributed by atoms with E-state index in [1.165, 1.54) is 0 Å². The molecule has 1 amide bonds. The van der Waals surface area contributed by atoms with Crippen LogP contribution in [-0.2, 0) is 0 Å². The summed E-state index contributed by atoms with van der Waals surface area (Å²) in [4.78, 5) is 15.6. The minimum Gasteiger partial charge on any atom is -0.497 e. The lowest BCUT2D eigenvalue weighted by Crippen LogP contribution is -2.26. The van der Waals surface area contributed by atoms with Crippen LogP contribution in [0.5, 0.6) is 5.75 Å². The van der Waals surface area contributed by atoms with Crippen LogP contribution in [0, 0.1) is 0 Å². The number of ether oxygens (including phenoxy) is 1. The number of rotatable bonds is 7. The monoisotopic (exact) mass is 405 g/mol. The first-order valence-electron chi connectivity index (χ1n) is 9.75. The first-order chi connectivity index (χ1) is 14.7. The zero-order valence-electron chi connectivity index (χ0n) is 17.1. The van der Waals surface area contributed by atoms with E-state index in [2.05, 4.69) is 44.7 Å². The molecule has 0 aliphatic heterocycles. The van der Waals surface area contributed by atoms with E-state index in [0.717, 1.165) is 41.1 Å². The fourth-order valence-electron chi connectivity index (χ4n) is 3.67. The number of aromatic amines is 1. The number of H-pyrrole nitrogens is 1. The van der Waals surface area contributed by atoms with Crippen LogP contribution in [0.2, 0.25) is 0 Å². The lowest BCUT2D eigenvalue weighted by Gasteiger charge is -2.22. The number of methoxy groups -OCH3 is 1. The van der Waals surface area contributed by atoms with Crippen molar-refractivity contribution in [1.29, 1.82) is 0 Å². The number of anilines is 2. The Labute approximate surface area is 173 Å². The number of aromatic nitrogens is 5. The highest BCUT2D eigenvalue weighted by atomic mass is 16.5. The summed E-state index contributed by atoms with van der Waals surface area (Å²) in [7, 11) is 1.64. The van der Waals surface area contributed by atoms with Gasteiger partial charge in [0.25, 0.3) is 5.91 Å². The van der Waals surface area contributed by atoms with Crippen molar-refractivity contribution in [2.75, 3.05) is 30.4 Å². The highest BCUT2D eigenvalue weighted by Crippen LogP contribution is 2.38. The zero-order chi connectivity index (χ0) is 21.1. The Morgan fingerprint density at radius 3 is 2.57 bits per heavy atom. The molecule has 30 heavy (non-hydrogen) atoms. The lowest BCUT2D eigenvalue weighted by atomic mass is 10.2. The van der Waals surface area contributed by atoms with Crippen LogP contribution < -0.4 is 15.0 Å². The molecule has 2 aromatic carbocycles. The van der Waals surface area contributed by atoms with Crippen LogP contribution in [0.15, 0.2) is 48.5 Å². The van der Waals surface area contributed by atoms with Crippen LogP contribution in [-0.4, -0.2) is 51.3 Å². The number of hydrogen-bond donors (Lipinski definition) is 2. The van der Waals surface area contributed by atoms with Gasteiger partial charge in [-0.3, -0.25) is 10.1 Å². The van der Waals surface area contributed by atoms with E-state index in [9.17, 15) is 4.79 Å². The van der Waals surface area contributed by atoms with Crippen molar-refractivity contribution in [2.45, 2.75) is 13.8 Å². The second-order valence-corrected chi connectivity index (χ2v) is 6.63. The molecular formula is C21H23N7O2. The molecule has 2 heterocycles. The van der Waals surface area contributed by atoms with Gasteiger partial charge in [0.15, 0.2) is 0 Å². The Morgan fingerprint density at radius 1 is 1.17 bits per heavy atom. The average molecular weight is 405 g/mol. The number of nitrogens with one attached hydrogen (secondary N) is 2. The number of fused-ring (bicyclic) bond motifs is 1. The number of tetrazole rings is 1. The largest absolute Gasteiger partial charge is 0.497 e. The summed E-state index contributed by atoms with van der Waals surface area (Å²) < 4.78 is 7.42. The van der Waals surface area contributed by atoms with E-state index in [-0.39, 0.29) is 11.9 Å². The summed E-state index contributed by atoms with van der Waals surface area (Å²) in [5.41, 5.74) is 3.13. The average Bonchev–Trinajstić information content (AvgIpc) is 3.41. The van der Waals surface area contributed by atoms with Gasteiger partial charge in [-0.05, 0) is 54.6 Å². The smallest absolute Gasteiger partial charge is 0.277 e. The van der Waals surface area contributed by atoms with Crippen molar-refractivity contribution in [2.24, 2.45) is 0 Å². The van der Waals surface area contributed by atoms with Crippen LogP contribution in [0.1, 0.15) is 24.3 Å². The third-order valence-electron chi connectivity index (χ3n) is 5.03. The predicted molar refractivity (Wildman–Crippen MR) is 116 cm³/mol. The number of benzene rings is 2. The third-order valence-corrected chi connectivity index (χ3v) is 5.03. The highest BCUT2D eigenvalue weighted by Gasteiger charge is 2.27. The van der Waals surface area contributed by atoms with Gasteiger partial charge < -0.3 is 14.2 Å². The molecule has 2 N–H and O–H groups in total. The van der Waals surface area contributed by atoms with Crippen molar-refractivity contribution < 1.29 is 9.53 Å². The summed E-state index contributed by atoms with van der Waals surface area (Å²) in [6.45, 7) is 5.62. The van der Waals surface area contributed by atoms with Gasteiger partial charge in [-0.15, -0.1) is 0 Å². The Hall–Kier alpha value is -3.88. The molecule has 9 nitrogen and oxygen atoms in total. The van der Waals surface area contributed by atoms with E-state index >= 15 is 0 Å². The molecule has 2 aromatic heterocycles. The second kappa shape index (κ2) is 8.24. The van der Waals surface area contributed by atoms with Gasteiger partial charge in [0.2, 0.25) is 5.95 Å². The first-order valence-corrected chi connectivity index (χ1v) is 9.75. The lowest BCUT2D eigenvalue weighted by molar-refractivity contribution is 0.102. The molecule has 0 aliphatic rings. The highest BCUT2D eigenvalue weighted by molar-refractivity contribution is 6.14. The van der Waals surface area contributed by atoms with Crippen molar-refractivity contribution in [1.82, 2.24) is 25.2 Å². The molecule has 0 radical (unpaired) electrons. The molecule has 0 saturated carbocycles. The predicted octanol–water partition coefficient (Wildman–Crippen LogP) is 3.25. The number of amides is 1. The number of hydrogen-bond acceptors (Lipinski definition) is 6. The maximum Gasteiger partial charge on any atom is 0.277 e. The fraction of sp³-hybridized carbons (Fsp3) is 0.238.